The molecule has 1 aromatic carbocycles. The number of benzene rings is 1. The minimum Gasteiger partial charge on any atom is -0.488 e. The average Bonchev–Trinajstić information content (AvgIpc) is 2.59. The van der Waals surface area contributed by atoms with E-state index in [9.17, 15) is 9.90 Å². The summed E-state index contributed by atoms with van der Waals surface area (Å²) in [7, 11) is 0. The van der Waals surface area contributed by atoms with E-state index in [1.165, 1.54) is 0 Å². The molecule has 0 spiro atoms. The van der Waals surface area contributed by atoms with Crippen LogP contribution in [0.4, 0.5) is 5.69 Å². The number of aliphatic hydroxyl groups is 1. The third kappa shape index (κ3) is 6.37. The monoisotopic (exact) mass is 386 g/mol. The molecule has 1 aromatic rings. The van der Waals surface area contributed by atoms with E-state index >= 15 is 0 Å². The lowest BCUT2D eigenvalue weighted by atomic mass is 9.95. The highest BCUT2D eigenvalue weighted by atomic mass is 35.5. The molecule has 1 aliphatic heterocycles. The number of amides is 1. The number of hydrogen-bond acceptors (Lipinski definition) is 5. The van der Waals surface area contributed by atoms with Gasteiger partial charge in [-0.3, -0.25) is 4.79 Å². The molecule has 0 radical (unpaired) electrons. The first-order chi connectivity index (χ1) is 11.7. The van der Waals surface area contributed by atoms with E-state index in [4.69, 9.17) is 4.74 Å². The Bertz CT molecular complexity index is 538. The maximum atomic E-state index is 12.1. The van der Waals surface area contributed by atoms with Crippen LogP contribution in [0.15, 0.2) is 24.3 Å². The van der Waals surface area contributed by atoms with Gasteiger partial charge in [0.25, 0.3) is 0 Å². The summed E-state index contributed by atoms with van der Waals surface area (Å²) in [6.45, 7) is 0.974. The third-order valence-corrected chi connectivity index (χ3v) is 5.65. The molecule has 3 atom stereocenters. The van der Waals surface area contributed by atoms with Crippen LogP contribution in [-0.4, -0.2) is 47.3 Å². The Hall–Kier alpha value is -0.950. The van der Waals surface area contributed by atoms with Gasteiger partial charge in [0, 0.05) is 36.2 Å². The first-order valence-corrected chi connectivity index (χ1v) is 9.92. The predicted octanol–water partition coefficient (Wildman–Crippen LogP) is 2.82. The molecule has 5 nitrogen and oxygen atoms in total. The van der Waals surface area contributed by atoms with Gasteiger partial charge in [-0.2, -0.15) is 11.8 Å². The number of aliphatic hydroxyl groups excluding tert-OH is 1. The van der Waals surface area contributed by atoms with Crippen LogP contribution in [0.3, 0.4) is 0 Å². The molecule has 1 saturated heterocycles. The summed E-state index contributed by atoms with van der Waals surface area (Å²) in [6.07, 6.45) is 3.88. The molecule has 1 amide bonds. The van der Waals surface area contributed by atoms with Crippen molar-refractivity contribution in [1.82, 2.24) is 5.32 Å². The van der Waals surface area contributed by atoms with E-state index in [1.807, 2.05) is 36.0 Å². The first-order valence-electron chi connectivity index (χ1n) is 8.76. The largest absolute Gasteiger partial charge is 0.488 e. The maximum absolute atomic E-state index is 12.1. The second kappa shape index (κ2) is 10.3. The summed E-state index contributed by atoms with van der Waals surface area (Å²) in [5.74, 6) is 2.88. The van der Waals surface area contributed by atoms with Gasteiger partial charge in [-0.1, -0.05) is 6.42 Å². The van der Waals surface area contributed by atoms with E-state index in [1.54, 1.807) is 0 Å². The second-order valence-corrected chi connectivity index (χ2v) is 7.66. The van der Waals surface area contributed by atoms with Crippen molar-refractivity contribution in [2.24, 2.45) is 0 Å². The molecule has 0 bridgehead atoms. The lowest BCUT2D eigenvalue weighted by molar-refractivity contribution is -0.116. The quantitative estimate of drug-likeness (QED) is 0.725. The zero-order valence-corrected chi connectivity index (χ0v) is 15.9. The molecular formula is C18H27ClN2O3S. The third-order valence-electron chi connectivity index (χ3n) is 4.52. The highest BCUT2D eigenvalue weighted by Gasteiger charge is 2.24. The van der Waals surface area contributed by atoms with Crippen molar-refractivity contribution in [1.29, 1.82) is 0 Å². The van der Waals surface area contributed by atoms with Crippen LogP contribution in [0.1, 0.15) is 32.1 Å². The molecule has 2 fully saturated rings. The normalized spacial score (nSPS) is 26.4. The van der Waals surface area contributed by atoms with Crippen molar-refractivity contribution in [3.63, 3.8) is 0 Å². The summed E-state index contributed by atoms with van der Waals surface area (Å²) in [5.41, 5.74) is 0.778. The Morgan fingerprint density at radius 3 is 2.72 bits per heavy atom. The zero-order chi connectivity index (χ0) is 16.8. The van der Waals surface area contributed by atoms with Crippen molar-refractivity contribution in [2.75, 3.05) is 23.4 Å². The van der Waals surface area contributed by atoms with Gasteiger partial charge in [0.1, 0.15) is 11.9 Å². The predicted molar refractivity (Wildman–Crippen MR) is 105 cm³/mol. The Kier molecular flexibility index (Phi) is 8.36. The van der Waals surface area contributed by atoms with Crippen LogP contribution in [0.25, 0.3) is 0 Å². The van der Waals surface area contributed by atoms with Gasteiger partial charge in [-0.15, -0.1) is 12.4 Å². The van der Waals surface area contributed by atoms with Gasteiger partial charge < -0.3 is 20.5 Å². The van der Waals surface area contributed by atoms with Crippen LogP contribution in [0, 0.1) is 0 Å². The van der Waals surface area contributed by atoms with Crippen LogP contribution in [0.5, 0.6) is 5.75 Å². The van der Waals surface area contributed by atoms with Crippen molar-refractivity contribution < 1.29 is 14.6 Å². The Morgan fingerprint density at radius 2 is 2.04 bits per heavy atom. The van der Waals surface area contributed by atoms with Crippen molar-refractivity contribution in [3.05, 3.63) is 24.3 Å². The van der Waals surface area contributed by atoms with E-state index in [2.05, 4.69) is 10.6 Å². The molecule has 25 heavy (non-hydrogen) atoms. The SMILES string of the molecule is Cl.O=C(CC1CSCCN1)Nc1ccc(OC2CCCCC2O)cc1. The molecular weight excluding hydrogens is 360 g/mol. The number of anilines is 1. The second-order valence-electron chi connectivity index (χ2n) is 6.51. The number of carbonyl (C=O) groups excluding carboxylic acids is 1. The molecule has 140 valence electrons. The fourth-order valence-electron chi connectivity index (χ4n) is 3.19. The van der Waals surface area contributed by atoms with E-state index < -0.39 is 0 Å². The molecule has 1 heterocycles. The number of carbonyl (C=O) groups is 1. The topological polar surface area (TPSA) is 70.6 Å². The Morgan fingerprint density at radius 1 is 1.28 bits per heavy atom. The lowest BCUT2D eigenvalue weighted by Gasteiger charge is -2.28. The summed E-state index contributed by atoms with van der Waals surface area (Å²) >= 11 is 1.89. The molecule has 3 unspecified atom stereocenters. The fraction of sp³-hybridized carbons (Fsp3) is 0.611. The Labute approximate surface area is 159 Å². The first kappa shape index (κ1) is 20.4. The van der Waals surface area contributed by atoms with Gasteiger partial charge in [0.2, 0.25) is 5.91 Å². The van der Waals surface area contributed by atoms with Gasteiger partial charge in [0.05, 0.1) is 6.10 Å². The standard InChI is InChI=1S/C18H26N2O3S.ClH/c21-16-3-1-2-4-17(16)23-15-7-5-13(6-8-15)20-18(22)11-14-12-24-10-9-19-14;/h5-8,14,16-17,19,21H,1-4,9-12H2,(H,20,22);1H. The van der Waals surface area contributed by atoms with Crippen LogP contribution < -0.4 is 15.4 Å². The molecule has 0 aromatic heterocycles. The van der Waals surface area contributed by atoms with Crippen LogP contribution in [0.2, 0.25) is 0 Å². The smallest absolute Gasteiger partial charge is 0.225 e. The van der Waals surface area contributed by atoms with Crippen LogP contribution in [-0.2, 0) is 4.79 Å². The van der Waals surface area contributed by atoms with E-state index in [0.29, 0.717) is 6.42 Å². The molecule has 3 rings (SSSR count). The van der Waals surface area contributed by atoms with Crippen molar-refractivity contribution in [2.45, 2.75) is 50.4 Å². The number of thioether (sulfide) groups is 1. The molecule has 1 aliphatic carbocycles. The molecule has 3 N–H and O–H groups in total. The van der Waals surface area contributed by atoms with Gasteiger partial charge >= 0.3 is 0 Å². The highest BCUT2D eigenvalue weighted by Crippen LogP contribution is 2.25. The van der Waals surface area contributed by atoms with Crippen molar-refractivity contribution in [3.8, 4) is 5.75 Å². The summed E-state index contributed by atoms with van der Waals surface area (Å²) in [4.78, 5) is 12.1. The highest BCUT2D eigenvalue weighted by molar-refractivity contribution is 7.99. The van der Waals surface area contributed by atoms with Crippen LogP contribution >= 0.6 is 24.2 Å². The minimum absolute atomic E-state index is 0. The summed E-state index contributed by atoms with van der Waals surface area (Å²) < 4.78 is 5.87. The average molecular weight is 387 g/mol. The molecule has 7 heteroatoms. The number of ether oxygens (including phenoxy) is 1. The van der Waals surface area contributed by atoms with E-state index in [-0.39, 0.29) is 36.6 Å². The number of nitrogens with one attached hydrogen (secondary N) is 2. The number of hydrogen-bond donors (Lipinski definition) is 3. The van der Waals surface area contributed by atoms with Crippen molar-refractivity contribution >= 4 is 35.8 Å². The summed E-state index contributed by atoms with van der Waals surface area (Å²) in [5, 5.41) is 16.3. The minimum atomic E-state index is -0.376. The van der Waals surface area contributed by atoms with Gasteiger partial charge in [-0.05, 0) is 43.5 Å². The fourth-order valence-corrected chi connectivity index (χ4v) is 4.14. The van der Waals surface area contributed by atoms with Gasteiger partial charge in [-0.25, -0.2) is 0 Å². The Balaban J connectivity index is 0.00000225. The summed E-state index contributed by atoms with van der Waals surface area (Å²) in [6, 6.07) is 7.67. The maximum Gasteiger partial charge on any atom is 0.225 e. The lowest BCUT2D eigenvalue weighted by Crippen LogP contribution is -2.39. The molecule has 1 saturated carbocycles. The number of rotatable bonds is 5. The molecule has 2 aliphatic rings. The van der Waals surface area contributed by atoms with E-state index in [0.717, 1.165) is 55.2 Å². The zero-order valence-electron chi connectivity index (χ0n) is 14.3. The van der Waals surface area contributed by atoms with Gasteiger partial charge in [0.15, 0.2) is 0 Å². The number of halogens is 1.